The average Bonchev–Trinajstić information content (AvgIpc) is 2.92. The number of halogens is 2. The Morgan fingerprint density at radius 2 is 1.82 bits per heavy atom. The number of hydrogen-bond acceptors (Lipinski definition) is 5. The summed E-state index contributed by atoms with van der Waals surface area (Å²) in [5.74, 6) is 0.232. The van der Waals surface area contributed by atoms with Crippen LogP contribution < -0.4 is 4.74 Å². The zero-order valence-corrected chi connectivity index (χ0v) is 17.6. The van der Waals surface area contributed by atoms with Gasteiger partial charge in [0.1, 0.15) is 16.6 Å². The molecule has 2 aromatic rings. The smallest absolute Gasteiger partial charge is 0.272 e. The van der Waals surface area contributed by atoms with Crippen molar-refractivity contribution < 1.29 is 26.7 Å². The monoisotopic (exact) mass is 428 g/mol. The molecule has 28 heavy (non-hydrogen) atoms. The molecule has 0 radical (unpaired) electrons. The number of carbonyl (C=O) groups excluding carboxylic acids is 1. The van der Waals surface area contributed by atoms with Crippen LogP contribution in [0.5, 0.6) is 5.75 Å². The molecule has 0 N–H and O–H groups in total. The van der Waals surface area contributed by atoms with Crippen LogP contribution in [0, 0.1) is 5.41 Å². The predicted molar refractivity (Wildman–Crippen MR) is 105 cm³/mol. The van der Waals surface area contributed by atoms with Crippen LogP contribution in [-0.2, 0) is 22.7 Å². The number of alkyl halides is 2. The summed E-state index contributed by atoms with van der Waals surface area (Å²) in [4.78, 5) is 13.5. The van der Waals surface area contributed by atoms with Crippen LogP contribution in [0.2, 0.25) is 0 Å². The molecule has 152 valence electrons. The van der Waals surface area contributed by atoms with E-state index in [1.807, 2.05) is 13.8 Å². The molecule has 1 aliphatic carbocycles. The van der Waals surface area contributed by atoms with E-state index in [1.165, 1.54) is 0 Å². The second-order valence-corrected chi connectivity index (χ2v) is 11.2. The van der Waals surface area contributed by atoms with Crippen LogP contribution in [0.3, 0.4) is 0 Å². The number of Topliss-reactive ketones (excluding diaryl/α,β-unsaturated/α-hetero) is 1. The first-order valence-electron chi connectivity index (χ1n) is 8.84. The molecule has 1 aliphatic rings. The van der Waals surface area contributed by atoms with Gasteiger partial charge in [-0.3, -0.25) is 4.79 Å². The number of ether oxygens (including phenoxy) is 1. The lowest BCUT2D eigenvalue weighted by Crippen LogP contribution is -2.27. The van der Waals surface area contributed by atoms with Crippen LogP contribution in [0.4, 0.5) is 8.78 Å². The fraction of sp³-hybridized carbons (Fsp3) is 0.450. The lowest BCUT2D eigenvalue weighted by atomic mass is 9.74. The zero-order chi connectivity index (χ0) is 20.7. The number of thiophene rings is 1. The summed E-state index contributed by atoms with van der Waals surface area (Å²) in [6.07, 6.45) is 0.0407. The van der Waals surface area contributed by atoms with Gasteiger partial charge in [-0.1, -0.05) is 26.0 Å². The first-order valence-corrected chi connectivity index (χ1v) is 11.5. The Labute approximate surface area is 167 Å². The van der Waals surface area contributed by atoms with Gasteiger partial charge in [0.15, 0.2) is 15.6 Å². The Hall–Kier alpha value is -1.80. The SMILES string of the molecule is CC1(C)CC(=O)c2c(S(C)(=O)=O)sc(Cc3ccc(OCC(F)F)cc3)c2C1. The largest absolute Gasteiger partial charge is 0.488 e. The van der Waals surface area contributed by atoms with Gasteiger partial charge in [-0.05, 0) is 35.1 Å². The molecule has 0 atom stereocenters. The van der Waals surface area contributed by atoms with E-state index in [0.717, 1.165) is 33.6 Å². The van der Waals surface area contributed by atoms with Gasteiger partial charge in [-0.25, -0.2) is 17.2 Å². The highest BCUT2D eigenvalue weighted by Crippen LogP contribution is 2.43. The first-order chi connectivity index (χ1) is 13.0. The van der Waals surface area contributed by atoms with E-state index >= 15 is 0 Å². The van der Waals surface area contributed by atoms with Gasteiger partial charge in [0.05, 0.1) is 5.56 Å². The minimum Gasteiger partial charge on any atom is -0.488 e. The second kappa shape index (κ2) is 7.55. The van der Waals surface area contributed by atoms with Gasteiger partial charge in [0, 0.05) is 24.0 Å². The quantitative estimate of drug-likeness (QED) is 0.678. The van der Waals surface area contributed by atoms with Gasteiger partial charge in [-0.15, -0.1) is 11.3 Å². The summed E-state index contributed by atoms with van der Waals surface area (Å²) in [6, 6.07) is 6.76. The normalized spacial score (nSPS) is 16.3. The van der Waals surface area contributed by atoms with Crippen molar-refractivity contribution in [3.05, 3.63) is 45.8 Å². The lowest BCUT2D eigenvalue weighted by Gasteiger charge is -2.29. The van der Waals surface area contributed by atoms with E-state index in [1.54, 1.807) is 24.3 Å². The summed E-state index contributed by atoms with van der Waals surface area (Å²) < 4.78 is 54.1. The number of sulfone groups is 1. The van der Waals surface area contributed by atoms with Crippen molar-refractivity contribution in [2.24, 2.45) is 5.41 Å². The Kier molecular flexibility index (Phi) is 5.64. The molecule has 3 rings (SSSR count). The summed E-state index contributed by atoms with van der Waals surface area (Å²) in [6.45, 7) is 3.35. The molecule has 0 spiro atoms. The van der Waals surface area contributed by atoms with Crippen LogP contribution in [0.25, 0.3) is 0 Å². The van der Waals surface area contributed by atoms with Crippen molar-refractivity contribution in [2.45, 2.75) is 43.7 Å². The number of ketones is 1. The minimum atomic E-state index is -3.50. The molecule has 0 saturated heterocycles. The summed E-state index contributed by atoms with van der Waals surface area (Å²) in [7, 11) is -3.50. The molecular formula is C20H22F2O4S2. The summed E-state index contributed by atoms with van der Waals surface area (Å²) in [5, 5.41) is 0. The maximum Gasteiger partial charge on any atom is 0.272 e. The highest BCUT2D eigenvalue weighted by molar-refractivity contribution is 7.92. The van der Waals surface area contributed by atoms with E-state index in [2.05, 4.69) is 0 Å². The fourth-order valence-corrected chi connectivity index (χ4v) is 6.09. The van der Waals surface area contributed by atoms with E-state index < -0.39 is 22.9 Å². The molecular weight excluding hydrogens is 406 g/mol. The second-order valence-electron chi connectivity index (χ2n) is 7.90. The van der Waals surface area contributed by atoms with E-state index in [9.17, 15) is 22.0 Å². The number of hydrogen-bond donors (Lipinski definition) is 0. The minimum absolute atomic E-state index is 0.120. The summed E-state index contributed by atoms with van der Waals surface area (Å²) >= 11 is 1.16. The van der Waals surface area contributed by atoms with Crippen molar-refractivity contribution in [1.29, 1.82) is 0 Å². The van der Waals surface area contributed by atoms with Crippen molar-refractivity contribution in [1.82, 2.24) is 0 Å². The van der Waals surface area contributed by atoms with Crippen LogP contribution in [-0.4, -0.2) is 33.5 Å². The van der Waals surface area contributed by atoms with Crippen LogP contribution in [0.15, 0.2) is 28.5 Å². The number of benzene rings is 1. The first kappa shape index (κ1) is 20.9. The average molecular weight is 429 g/mol. The number of rotatable bonds is 6. The third-order valence-electron chi connectivity index (χ3n) is 4.63. The van der Waals surface area contributed by atoms with Gasteiger partial charge in [0.2, 0.25) is 0 Å². The van der Waals surface area contributed by atoms with Gasteiger partial charge in [0.25, 0.3) is 6.43 Å². The van der Waals surface area contributed by atoms with Gasteiger partial charge in [-0.2, -0.15) is 0 Å². The maximum atomic E-state index is 12.7. The molecule has 0 bridgehead atoms. The Morgan fingerprint density at radius 3 is 2.39 bits per heavy atom. The van der Waals surface area contributed by atoms with Crippen molar-refractivity contribution in [3.63, 3.8) is 0 Å². The molecule has 0 unspecified atom stereocenters. The predicted octanol–water partition coefficient (Wildman–Crippen LogP) is 4.54. The number of fused-ring (bicyclic) bond motifs is 1. The Morgan fingerprint density at radius 1 is 1.18 bits per heavy atom. The van der Waals surface area contributed by atoms with Crippen molar-refractivity contribution in [3.8, 4) is 5.75 Å². The molecule has 4 nitrogen and oxygen atoms in total. The Bertz CT molecular complexity index is 990. The molecule has 0 amide bonds. The molecule has 0 fully saturated rings. The van der Waals surface area contributed by atoms with E-state index in [0.29, 0.717) is 30.6 Å². The van der Waals surface area contributed by atoms with Crippen LogP contribution >= 0.6 is 11.3 Å². The van der Waals surface area contributed by atoms with E-state index in [4.69, 9.17) is 4.74 Å². The van der Waals surface area contributed by atoms with Crippen molar-refractivity contribution in [2.75, 3.05) is 12.9 Å². The maximum absolute atomic E-state index is 12.7. The van der Waals surface area contributed by atoms with Crippen molar-refractivity contribution >= 4 is 27.0 Å². The highest BCUT2D eigenvalue weighted by Gasteiger charge is 2.38. The topological polar surface area (TPSA) is 60.4 Å². The van der Waals surface area contributed by atoms with Gasteiger partial charge < -0.3 is 4.74 Å². The standard InChI is InChI=1S/C20H22F2O4S2/c1-20(2)9-14-16(27-19(28(3,24)25)18(14)15(23)10-20)8-12-4-6-13(7-5-12)26-11-17(21)22/h4-7,17H,8-11H2,1-3H3. The fourth-order valence-electron chi connectivity index (χ4n) is 3.47. The molecule has 8 heteroatoms. The van der Waals surface area contributed by atoms with Crippen LogP contribution in [0.1, 0.15) is 46.6 Å². The van der Waals surface area contributed by atoms with Gasteiger partial charge >= 0.3 is 0 Å². The highest BCUT2D eigenvalue weighted by atomic mass is 32.2. The summed E-state index contributed by atoms with van der Waals surface area (Å²) in [5.41, 5.74) is 1.86. The van der Waals surface area contributed by atoms with E-state index in [-0.39, 0.29) is 15.4 Å². The number of carbonyl (C=O) groups is 1. The molecule has 0 aliphatic heterocycles. The zero-order valence-electron chi connectivity index (χ0n) is 15.9. The third kappa shape index (κ3) is 4.60. The Balaban J connectivity index is 1.93. The molecule has 0 saturated carbocycles. The molecule has 1 aromatic heterocycles. The molecule has 1 heterocycles. The lowest BCUT2D eigenvalue weighted by molar-refractivity contribution is 0.0819. The third-order valence-corrected chi connectivity index (χ3v) is 7.70. The molecule has 1 aromatic carbocycles.